The molecule has 0 radical (unpaired) electrons. The molecule has 1 aromatic rings. The third-order valence-corrected chi connectivity index (χ3v) is 3.40. The Kier molecular flexibility index (Phi) is 7.51. The van der Waals surface area contributed by atoms with Crippen molar-refractivity contribution >= 4 is 11.8 Å². The van der Waals surface area contributed by atoms with Crippen molar-refractivity contribution in [2.75, 3.05) is 13.1 Å². The van der Waals surface area contributed by atoms with Crippen LogP contribution in [0.25, 0.3) is 0 Å². The Hall–Kier alpha value is -1.84. The first kappa shape index (κ1) is 17.2. The molecule has 0 aliphatic heterocycles. The van der Waals surface area contributed by atoms with Gasteiger partial charge in [0.2, 0.25) is 11.8 Å². The van der Waals surface area contributed by atoms with Crippen molar-refractivity contribution in [3.63, 3.8) is 0 Å². The number of nitrogens with one attached hydrogen (secondary N) is 1. The van der Waals surface area contributed by atoms with E-state index < -0.39 is 0 Å². The predicted molar refractivity (Wildman–Crippen MR) is 84.8 cm³/mol. The first-order valence-electron chi connectivity index (χ1n) is 7.60. The van der Waals surface area contributed by atoms with Gasteiger partial charge >= 0.3 is 0 Å². The first-order chi connectivity index (χ1) is 10.0. The maximum Gasteiger partial charge on any atom is 0.220 e. The van der Waals surface area contributed by atoms with Crippen LogP contribution in [-0.4, -0.2) is 29.8 Å². The fourth-order valence-electron chi connectivity index (χ4n) is 2.02. The Morgan fingerprint density at radius 2 is 1.86 bits per heavy atom. The fraction of sp³-hybridized carbons (Fsp3) is 0.529. The van der Waals surface area contributed by atoms with Gasteiger partial charge in [0.1, 0.15) is 0 Å². The summed E-state index contributed by atoms with van der Waals surface area (Å²) in [5.74, 6) is 0.0917. The molecule has 2 amide bonds. The summed E-state index contributed by atoms with van der Waals surface area (Å²) in [7, 11) is 0. The Balaban J connectivity index is 2.42. The van der Waals surface area contributed by atoms with E-state index in [0.29, 0.717) is 26.1 Å². The zero-order valence-corrected chi connectivity index (χ0v) is 13.3. The number of amides is 2. The molecule has 1 rings (SSSR count). The minimum atomic E-state index is 0.0263. The van der Waals surface area contributed by atoms with E-state index in [-0.39, 0.29) is 11.8 Å². The van der Waals surface area contributed by atoms with Crippen LogP contribution in [0.1, 0.15) is 44.2 Å². The van der Waals surface area contributed by atoms with Crippen LogP contribution in [0.4, 0.5) is 0 Å². The van der Waals surface area contributed by atoms with E-state index in [1.165, 1.54) is 5.56 Å². The zero-order chi connectivity index (χ0) is 15.7. The highest BCUT2D eigenvalue weighted by Crippen LogP contribution is 2.07. The van der Waals surface area contributed by atoms with Gasteiger partial charge in [-0.05, 0) is 18.9 Å². The van der Waals surface area contributed by atoms with E-state index in [4.69, 9.17) is 0 Å². The Labute approximate surface area is 127 Å². The van der Waals surface area contributed by atoms with Gasteiger partial charge in [-0.3, -0.25) is 9.59 Å². The summed E-state index contributed by atoms with van der Waals surface area (Å²) in [6.45, 7) is 7.30. The summed E-state index contributed by atoms with van der Waals surface area (Å²) in [6.07, 6.45) is 2.49. The number of nitrogens with zero attached hydrogens (tertiary/aromatic N) is 1. The molecular formula is C17H26N2O2. The predicted octanol–water partition coefficient (Wildman–Crippen LogP) is 2.65. The van der Waals surface area contributed by atoms with E-state index in [0.717, 1.165) is 18.4 Å². The van der Waals surface area contributed by atoms with Gasteiger partial charge in [0.05, 0.1) is 0 Å². The van der Waals surface area contributed by atoms with Gasteiger partial charge in [-0.1, -0.05) is 43.2 Å². The average Bonchev–Trinajstić information content (AvgIpc) is 2.46. The smallest absolute Gasteiger partial charge is 0.220 e. The number of benzene rings is 1. The van der Waals surface area contributed by atoms with Crippen molar-refractivity contribution in [3.8, 4) is 0 Å². The number of aryl methyl sites for hydroxylation is 1. The van der Waals surface area contributed by atoms with E-state index in [9.17, 15) is 9.59 Å². The first-order valence-corrected chi connectivity index (χ1v) is 7.60. The molecule has 0 bridgehead atoms. The van der Waals surface area contributed by atoms with Crippen molar-refractivity contribution in [2.24, 2.45) is 0 Å². The van der Waals surface area contributed by atoms with Crippen molar-refractivity contribution in [1.29, 1.82) is 0 Å². The average molecular weight is 290 g/mol. The summed E-state index contributed by atoms with van der Waals surface area (Å²) >= 11 is 0. The lowest BCUT2D eigenvalue weighted by molar-refractivity contribution is -0.130. The normalized spacial score (nSPS) is 10.2. The Morgan fingerprint density at radius 1 is 1.19 bits per heavy atom. The summed E-state index contributed by atoms with van der Waals surface area (Å²) in [4.78, 5) is 25.0. The Morgan fingerprint density at radius 3 is 2.43 bits per heavy atom. The SMILES string of the molecule is CCCCC(=O)NCCN(Cc1ccc(C)cc1)C(C)=O. The summed E-state index contributed by atoms with van der Waals surface area (Å²) in [5, 5.41) is 2.86. The van der Waals surface area contributed by atoms with Crippen molar-refractivity contribution < 1.29 is 9.59 Å². The van der Waals surface area contributed by atoms with Crippen LogP contribution in [0.5, 0.6) is 0 Å². The zero-order valence-electron chi connectivity index (χ0n) is 13.3. The minimum Gasteiger partial charge on any atom is -0.354 e. The third-order valence-electron chi connectivity index (χ3n) is 3.40. The van der Waals surface area contributed by atoms with Gasteiger partial charge in [0, 0.05) is 33.0 Å². The van der Waals surface area contributed by atoms with Crippen LogP contribution in [0.3, 0.4) is 0 Å². The Bertz CT molecular complexity index is 454. The van der Waals surface area contributed by atoms with Gasteiger partial charge in [-0.15, -0.1) is 0 Å². The molecular weight excluding hydrogens is 264 g/mol. The van der Waals surface area contributed by atoms with E-state index in [2.05, 4.69) is 12.2 Å². The monoisotopic (exact) mass is 290 g/mol. The molecule has 1 aromatic carbocycles. The number of rotatable bonds is 8. The standard InChI is InChI=1S/C17H26N2O2/c1-4-5-6-17(21)18-11-12-19(15(3)20)13-16-9-7-14(2)8-10-16/h7-10H,4-6,11-13H2,1-3H3,(H,18,21). The molecule has 0 atom stereocenters. The molecule has 116 valence electrons. The van der Waals surface area contributed by atoms with Gasteiger partial charge in [0.15, 0.2) is 0 Å². The van der Waals surface area contributed by atoms with Crippen molar-refractivity contribution in [1.82, 2.24) is 10.2 Å². The lowest BCUT2D eigenvalue weighted by Gasteiger charge is -2.21. The van der Waals surface area contributed by atoms with Gasteiger partial charge < -0.3 is 10.2 Å². The van der Waals surface area contributed by atoms with Gasteiger partial charge in [0.25, 0.3) is 0 Å². The molecule has 1 N–H and O–H groups in total. The summed E-state index contributed by atoms with van der Waals surface area (Å²) in [5.41, 5.74) is 2.31. The molecule has 4 nitrogen and oxygen atoms in total. The van der Waals surface area contributed by atoms with Crippen LogP contribution in [-0.2, 0) is 16.1 Å². The molecule has 4 heteroatoms. The van der Waals surface area contributed by atoms with E-state index in [1.54, 1.807) is 11.8 Å². The molecule has 0 saturated heterocycles. The second-order valence-electron chi connectivity index (χ2n) is 5.38. The molecule has 0 spiro atoms. The minimum absolute atomic E-state index is 0.0263. The molecule has 0 aromatic heterocycles. The molecule has 21 heavy (non-hydrogen) atoms. The highest BCUT2D eigenvalue weighted by Gasteiger charge is 2.09. The lowest BCUT2D eigenvalue weighted by Crippen LogP contribution is -2.37. The van der Waals surface area contributed by atoms with Gasteiger partial charge in [-0.2, -0.15) is 0 Å². The number of carbonyl (C=O) groups is 2. The van der Waals surface area contributed by atoms with Crippen LogP contribution in [0.2, 0.25) is 0 Å². The van der Waals surface area contributed by atoms with Crippen LogP contribution >= 0.6 is 0 Å². The van der Waals surface area contributed by atoms with Crippen molar-refractivity contribution in [2.45, 2.75) is 46.6 Å². The molecule has 0 aliphatic rings. The van der Waals surface area contributed by atoms with Crippen molar-refractivity contribution in [3.05, 3.63) is 35.4 Å². The number of carbonyl (C=O) groups excluding carboxylic acids is 2. The van der Waals surface area contributed by atoms with E-state index >= 15 is 0 Å². The third kappa shape index (κ3) is 6.93. The second-order valence-corrected chi connectivity index (χ2v) is 5.38. The van der Waals surface area contributed by atoms with Crippen LogP contribution in [0.15, 0.2) is 24.3 Å². The molecule has 0 heterocycles. The fourth-order valence-corrected chi connectivity index (χ4v) is 2.02. The molecule has 0 fully saturated rings. The lowest BCUT2D eigenvalue weighted by atomic mass is 10.1. The van der Waals surface area contributed by atoms with Gasteiger partial charge in [-0.25, -0.2) is 0 Å². The highest BCUT2D eigenvalue weighted by molar-refractivity contribution is 5.76. The highest BCUT2D eigenvalue weighted by atomic mass is 16.2. The number of hydrogen-bond acceptors (Lipinski definition) is 2. The summed E-state index contributed by atoms with van der Waals surface area (Å²) in [6, 6.07) is 8.15. The van der Waals surface area contributed by atoms with Crippen LogP contribution < -0.4 is 5.32 Å². The number of hydrogen-bond donors (Lipinski definition) is 1. The second kappa shape index (κ2) is 9.16. The maximum atomic E-state index is 11.7. The molecule has 0 saturated carbocycles. The summed E-state index contributed by atoms with van der Waals surface area (Å²) < 4.78 is 0. The molecule has 0 unspecified atom stereocenters. The topological polar surface area (TPSA) is 49.4 Å². The largest absolute Gasteiger partial charge is 0.354 e. The van der Waals surface area contributed by atoms with Crippen LogP contribution in [0, 0.1) is 6.92 Å². The maximum absolute atomic E-state index is 11.7. The molecule has 0 aliphatic carbocycles. The number of unbranched alkanes of at least 4 members (excludes halogenated alkanes) is 1. The van der Waals surface area contributed by atoms with E-state index in [1.807, 2.05) is 31.2 Å². The quantitative estimate of drug-likeness (QED) is 0.800.